The van der Waals surface area contributed by atoms with Crippen molar-refractivity contribution in [2.45, 2.75) is 77.9 Å². The number of aromatic nitrogens is 2. The Hall–Kier alpha value is -3.03. The second kappa shape index (κ2) is 12.2. The average Bonchev–Trinajstić information content (AvgIpc) is 3.60. The van der Waals surface area contributed by atoms with Gasteiger partial charge >= 0.3 is 0 Å². The maximum Gasteiger partial charge on any atom is 0.290 e. The minimum Gasteiger partial charge on any atom is -0.478 e. The molecule has 43 heavy (non-hydrogen) atoms. The fraction of sp³-hybridized carbons (Fsp3) is 0.633. The fourth-order valence-corrected chi connectivity index (χ4v) is 5.28. The highest BCUT2D eigenvalue weighted by atomic mass is 19.3. The Morgan fingerprint density at radius 3 is 2.44 bits per heavy atom. The van der Waals surface area contributed by atoms with Crippen LogP contribution in [0.25, 0.3) is 11.3 Å². The van der Waals surface area contributed by atoms with Gasteiger partial charge < -0.3 is 24.4 Å². The van der Waals surface area contributed by atoms with Gasteiger partial charge in [-0.2, -0.15) is 8.78 Å². The van der Waals surface area contributed by atoms with Crippen molar-refractivity contribution in [2.75, 3.05) is 44.6 Å². The molecule has 1 amide bonds. The van der Waals surface area contributed by atoms with Crippen LogP contribution < -0.4 is 10.1 Å². The largest absolute Gasteiger partial charge is 0.478 e. The lowest BCUT2D eigenvalue weighted by molar-refractivity contribution is -0.135. The van der Waals surface area contributed by atoms with Crippen LogP contribution in [0.15, 0.2) is 12.1 Å². The van der Waals surface area contributed by atoms with Crippen LogP contribution in [0.3, 0.4) is 0 Å². The van der Waals surface area contributed by atoms with E-state index in [1.54, 1.807) is 4.90 Å². The highest BCUT2D eigenvalue weighted by Gasteiger charge is 2.48. The summed E-state index contributed by atoms with van der Waals surface area (Å²) in [5, 5.41) is 2.96. The molecule has 0 bridgehead atoms. The number of amides is 1. The van der Waals surface area contributed by atoms with Crippen molar-refractivity contribution >= 4 is 11.9 Å². The molecule has 0 spiro atoms. The maximum absolute atomic E-state index is 15.2. The molecule has 0 radical (unpaired) electrons. The molecule has 1 N–H and O–H groups in total. The summed E-state index contributed by atoms with van der Waals surface area (Å²) in [4.78, 5) is 24.8. The molecular weight excluding hydrogens is 570 g/mol. The maximum atomic E-state index is 15.2. The Balaban J connectivity index is 1.23. The van der Waals surface area contributed by atoms with Gasteiger partial charge in [0.1, 0.15) is 5.69 Å². The topological polar surface area (TPSA) is 92.4 Å². The standard InChI is InChI=1S/C30H39F4N5O4/c1-17(2)7-9-35-28-36-23(19-6-8-30(33,34)25(19)37-28)18-14-20(31)24(21(32)15-18)41-16-22(40)38-10-12-39(13-11-38)26-27(42-26)43-29(3,4)5/h14-15,17,26-27H,6-13,16H2,1-5H3,(H,35,36,37). The summed E-state index contributed by atoms with van der Waals surface area (Å²) in [5.41, 5.74) is -0.559. The average molecular weight is 610 g/mol. The molecule has 2 aliphatic heterocycles. The summed E-state index contributed by atoms with van der Waals surface area (Å²) in [5.74, 6) is -6.06. The SMILES string of the molecule is CC(C)CCNc1nc(-c2cc(F)c(OCC(=O)N3CCN(C4OC4OC(C)(C)C)CC3)c(F)c2)c2c(n1)C(F)(F)CC2. The molecule has 2 atom stereocenters. The van der Waals surface area contributed by atoms with E-state index in [0.717, 1.165) is 18.6 Å². The van der Waals surface area contributed by atoms with Crippen LogP contribution >= 0.6 is 0 Å². The molecule has 9 nitrogen and oxygen atoms in total. The van der Waals surface area contributed by atoms with Gasteiger partial charge in [0.2, 0.25) is 5.95 Å². The molecular formula is C30H39F4N5O4. The second-order valence-electron chi connectivity index (χ2n) is 12.6. The van der Waals surface area contributed by atoms with E-state index in [0.29, 0.717) is 38.6 Å². The molecule has 3 aliphatic rings. The van der Waals surface area contributed by atoms with Gasteiger partial charge in [-0.1, -0.05) is 13.8 Å². The second-order valence-corrected chi connectivity index (χ2v) is 12.6. The Morgan fingerprint density at radius 1 is 1.14 bits per heavy atom. The Kier molecular flexibility index (Phi) is 8.88. The van der Waals surface area contributed by atoms with Crippen LogP contribution in [0.5, 0.6) is 5.75 Å². The van der Waals surface area contributed by atoms with Gasteiger partial charge in [0, 0.05) is 50.3 Å². The van der Waals surface area contributed by atoms with Gasteiger partial charge in [-0.15, -0.1) is 0 Å². The van der Waals surface area contributed by atoms with Gasteiger partial charge in [0.05, 0.1) is 11.3 Å². The molecule has 13 heteroatoms. The first kappa shape index (κ1) is 31.4. The first-order valence-electron chi connectivity index (χ1n) is 14.7. The monoisotopic (exact) mass is 609 g/mol. The van der Waals surface area contributed by atoms with Gasteiger partial charge in [-0.3, -0.25) is 9.69 Å². The van der Waals surface area contributed by atoms with Crippen molar-refractivity contribution in [2.24, 2.45) is 5.92 Å². The lowest BCUT2D eigenvalue weighted by atomic mass is 10.0. The van der Waals surface area contributed by atoms with Gasteiger partial charge in [0.25, 0.3) is 11.8 Å². The zero-order valence-electron chi connectivity index (χ0n) is 25.2. The number of benzene rings is 1. The normalized spacial score (nSPS) is 21.7. The molecule has 1 aromatic heterocycles. The number of anilines is 1. The summed E-state index contributed by atoms with van der Waals surface area (Å²) in [7, 11) is 0. The third kappa shape index (κ3) is 7.38. The molecule has 3 heterocycles. The lowest BCUT2D eigenvalue weighted by Crippen LogP contribution is -2.51. The number of carbonyl (C=O) groups is 1. The summed E-state index contributed by atoms with van der Waals surface area (Å²) >= 11 is 0. The predicted octanol–water partition coefficient (Wildman–Crippen LogP) is 4.94. The predicted molar refractivity (Wildman–Crippen MR) is 151 cm³/mol. The number of hydrogen-bond donors (Lipinski definition) is 1. The number of fused-ring (bicyclic) bond motifs is 1. The summed E-state index contributed by atoms with van der Waals surface area (Å²) in [6.45, 7) is 11.8. The molecule has 2 fully saturated rings. The van der Waals surface area contributed by atoms with Crippen LogP contribution in [0.1, 0.15) is 58.7 Å². The number of epoxide rings is 1. The molecule has 1 aromatic carbocycles. The van der Waals surface area contributed by atoms with Crippen LogP contribution in [0.4, 0.5) is 23.5 Å². The van der Waals surface area contributed by atoms with Crippen LogP contribution in [-0.2, 0) is 26.6 Å². The first-order valence-corrected chi connectivity index (χ1v) is 14.7. The van der Waals surface area contributed by atoms with Crippen LogP contribution in [-0.4, -0.2) is 83.1 Å². The molecule has 1 aliphatic carbocycles. The smallest absolute Gasteiger partial charge is 0.290 e. The zero-order chi connectivity index (χ0) is 31.1. The third-order valence-corrected chi connectivity index (χ3v) is 7.59. The number of rotatable bonds is 10. The Labute approximate surface area is 248 Å². The Morgan fingerprint density at radius 2 is 1.81 bits per heavy atom. The molecule has 5 rings (SSSR count). The highest BCUT2D eigenvalue weighted by molar-refractivity contribution is 5.78. The van der Waals surface area contributed by atoms with Crippen molar-refractivity contribution in [3.8, 4) is 17.0 Å². The van der Waals surface area contributed by atoms with Crippen molar-refractivity contribution in [1.29, 1.82) is 0 Å². The minimum absolute atomic E-state index is 0.0101. The number of nitrogens with one attached hydrogen (secondary N) is 1. The van der Waals surface area contributed by atoms with E-state index in [1.807, 2.05) is 34.6 Å². The summed E-state index contributed by atoms with van der Waals surface area (Å²) in [6, 6.07) is 1.98. The van der Waals surface area contributed by atoms with Crippen molar-refractivity contribution in [3.63, 3.8) is 0 Å². The van der Waals surface area contributed by atoms with Crippen molar-refractivity contribution < 1.29 is 36.6 Å². The molecule has 2 saturated heterocycles. The fourth-order valence-electron chi connectivity index (χ4n) is 5.28. The van der Waals surface area contributed by atoms with Gasteiger partial charge in [-0.05, 0) is 51.7 Å². The number of piperazine rings is 1. The van der Waals surface area contributed by atoms with Crippen LogP contribution in [0.2, 0.25) is 0 Å². The number of nitrogens with zero attached hydrogens (tertiary/aromatic N) is 4. The zero-order valence-corrected chi connectivity index (χ0v) is 25.2. The van der Waals surface area contributed by atoms with E-state index in [1.165, 1.54) is 0 Å². The summed E-state index contributed by atoms with van der Waals surface area (Å²) in [6.07, 6.45) is -0.168. The number of ether oxygens (including phenoxy) is 3. The number of hydrogen-bond acceptors (Lipinski definition) is 8. The van der Waals surface area contributed by atoms with E-state index in [9.17, 15) is 13.6 Å². The van der Waals surface area contributed by atoms with Crippen molar-refractivity contribution in [1.82, 2.24) is 19.8 Å². The third-order valence-electron chi connectivity index (χ3n) is 7.59. The van der Waals surface area contributed by atoms with E-state index in [-0.39, 0.29) is 47.3 Å². The van der Waals surface area contributed by atoms with E-state index in [2.05, 4.69) is 20.2 Å². The van der Waals surface area contributed by atoms with E-state index >= 15 is 8.78 Å². The number of carbonyl (C=O) groups excluding carboxylic acids is 1. The Bertz CT molecular complexity index is 1320. The van der Waals surface area contributed by atoms with E-state index in [4.69, 9.17) is 14.2 Å². The molecule has 236 valence electrons. The number of alkyl halides is 2. The highest BCUT2D eigenvalue weighted by Crippen LogP contribution is 2.44. The van der Waals surface area contributed by atoms with Gasteiger partial charge in [0.15, 0.2) is 36.5 Å². The molecule has 2 aromatic rings. The first-order chi connectivity index (χ1) is 20.2. The lowest BCUT2D eigenvalue weighted by Gasteiger charge is -2.34. The van der Waals surface area contributed by atoms with Crippen LogP contribution in [0, 0.1) is 17.6 Å². The quantitative estimate of drug-likeness (QED) is 0.299. The molecule has 0 saturated carbocycles. The van der Waals surface area contributed by atoms with Gasteiger partial charge in [-0.25, -0.2) is 18.7 Å². The minimum atomic E-state index is -3.17. The number of halogens is 4. The summed E-state index contributed by atoms with van der Waals surface area (Å²) < 4.78 is 76.3. The molecule has 2 unspecified atom stereocenters. The van der Waals surface area contributed by atoms with Crippen molar-refractivity contribution in [3.05, 3.63) is 35.0 Å². The van der Waals surface area contributed by atoms with E-state index < -0.39 is 47.9 Å².